The van der Waals surface area contributed by atoms with Crippen LogP contribution < -0.4 is 5.32 Å². The highest BCUT2D eigenvalue weighted by Crippen LogP contribution is 2.08. The first-order valence-corrected chi connectivity index (χ1v) is 5.87. The Balaban J connectivity index is 2.09. The monoisotopic (exact) mass is 237 g/mol. The Morgan fingerprint density at radius 2 is 1.94 bits per heavy atom. The van der Waals surface area contributed by atoms with Crippen molar-refractivity contribution in [3.05, 3.63) is 35.9 Å². The van der Waals surface area contributed by atoms with Crippen LogP contribution in [0.25, 0.3) is 0 Å². The highest BCUT2D eigenvalue weighted by molar-refractivity contribution is 5.64. The molecule has 0 saturated heterocycles. The van der Waals surface area contributed by atoms with E-state index in [1.165, 1.54) is 0 Å². The fourth-order valence-electron chi connectivity index (χ4n) is 1.69. The molecule has 0 radical (unpaired) electrons. The highest BCUT2D eigenvalue weighted by Gasteiger charge is 2.05. The standard InChI is InChI=1S/C13H19NO3/c15-12(8-4-5-9-14-13(16)17)10-11-6-2-1-3-7-11/h1-3,6-7,12,14-15H,4-5,8-10H2,(H,16,17). The van der Waals surface area contributed by atoms with E-state index < -0.39 is 6.09 Å². The lowest BCUT2D eigenvalue weighted by Gasteiger charge is -2.10. The summed E-state index contributed by atoms with van der Waals surface area (Å²) in [5, 5.41) is 20.4. The summed E-state index contributed by atoms with van der Waals surface area (Å²) in [6.45, 7) is 0.452. The van der Waals surface area contributed by atoms with Crippen LogP contribution in [-0.4, -0.2) is 29.0 Å². The number of rotatable bonds is 7. The van der Waals surface area contributed by atoms with E-state index in [0.717, 1.165) is 18.4 Å². The number of carbonyl (C=O) groups is 1. The van der Waals surface area contributed by atoms with Crippen molar-refractivity contribution in [3.8, 4) is 0 Å². The van der Waals surface area contributed by atoms with Gasteiger partial charge in [0, 0.05) is 6.54 Å². The molecule has 0 aliphatic heterocycles. The number of hydrogen-bond acceptors (Lipinski definition) is 2. The van der Waals surface area contributed by atoms with Gasteiger partial charge in [-0.1, -0.05) is 30.3 Å². The second kappa shape index (κ2) is 7.68. The molecule has 1 aromatic rings. The Labute approximate surface area is 101 Å². The molecule has 1 rings (SSSR count). The minimum atomic E-state index is -0.991. The van der Waals surface area contributed by atoms with Gasteiger partial charge in [-0.3, -0.25) is 0 Å². The maximum Gasteiger partial charge on any atom is 0.404 e. The summed E-state index contributed by atoms with van der Waals surface area (Å²) in [4.78, 5) is 10.2. The van der Waals surface area contributed by atoms with E-state index in [9.17, 15) is 9.90 Å². The Kier molecular flexibility index (Phi) is 6.10. The third-order valence-corrected chi connectivity index (χ3v) is 2.55. The number of hydrogen-bond donors (Lipinski definition) is 3. The van der Waals surface area contributed by atoms with E-state index in [1.54, 1.807) is 0 Å². The summed E-state index contributed by atoms with van der Waals surface area (Å²) in [6.07, 6.45) is 1.62. The maximum atomic E-state index is 10.2. The zero-order valence-electron chi connectivity index (χ0n) is 9.80. The van der Waals surface area contributed by atoms with Crippen molar-refractivity contribution in [1.82, 2.24) is 5.32 Å². The first-order valence-electron chi connectivity index (χ1n) is 5.87. The minimum absolute atomic E-state index is 0.345. The molecule has 1 aromatic carbocycles. The third-order valence-electron chi connectivity index (χ3n) is 2.55. The van der Waals surface area contributed by atoms with Crippen molar-refractivity contribution in [2.24, 2.45) is 0 Å². The largest absolute Gasteiger partial charge is 0.465 e. The van der Waals surface area contributed by atoms with Gasteiger partial charge in [-0.25, -0.2) is 4.79 Å². The maximum absolute atomic E-state index is 10.2. The average Bonchev–Trinajstić information content (AvgIpc) is 2.29. The first-order chi connectivity index (χ1) is 8.18. The zero-order chi connectivity index (χ0) is 12.5. The Hall–Kier alpha value is -1.55. The minimum Gasteiger partial charge on any atom is -0.465 e. The summed E-state index contributed by atoms with van der Waals surface area (Å²) in [6, 6.07) is 9.86. The second-order valence-corrected chi connectivity index (χ2v) is 4.07. The van der Waals surface area contributed by atoms with Crippen LogP contribution in [0.15, 0.2) is 30.3 Å². The van der Waals surface area contributed by atoms with Gasteiger partial charge in [0.25, 0.3) is 0 Å². The normalized spacial score (nSPS) is 12.1. The fraction of sp³-hybridized carbons (Fsp3) is 0.462. The third kappa shape index (κ3) is 6.58. The predicted molar refractivity (Wildman–Crippen MR) is 66.0 cm³/mol. The molecule has 0 fully saturated rings. The fourth-order valence-corrected chi connectivity index (χ4v) is 1.69. The zero-order valence-corrected chi connectivity index (χ0v) is 9.80. The molecule has 0 saturated carbocycles. The number of nitrogens with one attached hydrogen (secondary N) is 1. The smallest absolute Gasteiger partial charge is 0.404 e. The molecule has 4 nitrogen and oxygen atoms in total. The summed E-state index contributed by atoms with van der Waals surface area (Å²) in [5.74, 6) is 0. The molecule has 0 aromatic heterocycles. The molecule has 94 valence electrons. The SMILES string of the molecule is O=C(O)NCCCCC(O)Cc1ccccc1. The molecule has 4 heteroatoms. The molecule has 17 heavy (non-hydrogen) atoms. The van der Waals surface area contributed by atoms with Crippen LogP contribution >= 0.6 is 0 Å². The Bertz CT molecular complexity index is 327. The molecule has 0 spiro atoms. The van der Waals surface area contributed by atoms with Gasteiger partial charge in [0.15, 0.2) is 0 Å². The first kappa shape index (κ1) is 13.5. The number of aliphatic hydroxyl groups is 1. The molecule has 0 aliphatic carbocycles. The van der Waals surface area contributed by atoms with Gasteiger partial charge < -0.3 is 15.5 Å². The molecule has 1 amide bonds. The number of aliphatic hydroxyl groups excluding tert-OH is 1. The highest BCUT2D eigenvalue weighted by atomic mass is 16.4. The van der Waals surface area contributed by atoms with Crippen LogP contribution in [0, 0.1) is 0 Å². The van der Waals surface area contributed by atoms with E-state index in [4.69, 9.17) is 5.11 Å². The summed E-state index contributed by atoms with van der Waals surface area (Å²) in [5.41, 5.74) is 1.13. The van der Waals surface area contributed by atoms with Crippen molar-refractivity contribution in [3.63, 3.8) is 0 Å². The number of amides is 1. The van der Waals surface area contributed by atoms with Crippen molar-refractivity contribution in [2.45, 2.75) is 31.8 Å². The number of carboxylic acid groups (broad SMARTS) is 1. The second-order valence-electron chi connectivity index (χ2n) is 4.07. The molecule has 1 atom stereocenters. The van der Waals surface area contributed by atoms with E-state index in [2.05, 4.69) is 5.32 Å². The summed E-state index contributed by atoms with van der Waals surface area (Å²) < 4.78 is 0. The van der Waals surface area contributed by atoms with E-state index in [-0.39, 0.29) is 6.10 Å². The predicted octanol–water partition coefficient (Wildman–Crippen LogP) is 2.03. The topological polar surface area (TPSA) is 69.6 Å². The van der Waals surface area contributed by atoms with Gasteiger partial charge in [0.2, 0.25) is 0 Å². The van der Waals surface area contributed by atoms with Crippen LogP contribution in [0.2, 0.25) is 0 Å². The van der Waals surface area contributed by atoms with Gasteiger partial charge in [-0.05, 0) is 31.2 Å². The molecule has 0 aliphatic rings. The average molecular weight is 237 g/mol. The molecular weight excluding hydrogens is 218 g/mol. The lowest BCUT2D eigenvalue weighted by molar-refractivity contribution is 0.161. The van der Waals surface area contributed by atoms with Crippen molar-refractivity contribution in [2.75, 3.05) is 6.54 Å². The lowest BCUT2D eigenvalue weighted by Crippen LogP contribution is -2.22. The van der Waals surface area contributed by atoms with Crippen LogP contribution in [-0.2, 0) is 6.42 Å². The molecule has 1 unspecified atom stereocenters. The Morgan fingerprint density at radius 1 is 1.24 bits per heavy atom. The van der Waals surface area contributed by atoms with Crippen molar-refractivity contribution >= 4 is 6.09 Å². The molecular formula is C13H19NO3. The molecule has 0 heterocycles. The van der Waals surface area contributed by atoms with E-state index >= 15 is 0 Å². The van der Waals surface area contributed by atoms with Gasteiger partial charge in [-0.2, -0.15) is 0 Å². The number of unbranched alkanes of at least 4 members (excludes halogenated alkanes) is 1. The van der Waals surface area contributed by atoms with Crippen molar-refractivity contribution in [1.29, 1.82) is 0 Å². The van der Waals surface area contributed by atoms with Crippen LogP contribution in [0.3, 0.4) is 0 Å². The van der Waals surface area contributed by atoms with Gasteiger partial charge >= 0.3 is 6.09 Å². The summed E-state index contributed by atoms with van der Waals surface area (Å²) >= 11 is 0. The van der Waals surface area contributed by atoms with Gasteiger partial charge in [0.05, 0.1) is 6.10 Å². The molecule has 0 bridgehead atoms. The summed E-state index contributed by atoms with van der Waals surface area (Å²) in [7, 11) is 0. The van der Waals surface area contributed by atoms with Crippen LogP contribution in [0.1, 0.15) is 24.8 Å². The number of benzene rings is 1. The molecule has 3 N–H and O–H groups in total. The van der Waals surface area contributed by atoms with Gasteiger partial charge in [0.1, 0.15) is 0 Å². The van der Waals surface area contributed by atoms with Crippen LogP contribution in [0.4, 0.5) is 4.79 Å². The van der Waals surface area contributed by atoms with Crippen molar-refractivity contribution < 1.29 is 15.0 Å². The van der Waals surface area contributed by atoms with Crippen LogP contribution in [0.5, 0.6) is 0 Å². The quantitative estimate of drug-likeness (QED) is 0.635. The van der Waals surface area contributed by atoms with Gasteiger partial charge in [-0.15, -0.1) is 0 Å². The lowest BCUT2D eigenvalue weighted by atomic mass is 10.0. The van der Waals surface area contributed by atoms with E-state index in [0.29, 0.717) is 19.4 Å². The van der Waals surface area contributed by atoms with E-state index in [1.807, 2.05) is 30.3 Å². The Morgan fingerprint density at radius 3 is 2.59 bits per heavy atom.